The summed E-state index contributed by atoms with van der Waals surface area (Å²) >= 11 is 6.00. The third-order valence-electron chi connectivity index (χ3n) is 3.27. The Kier molecular flexibility index (Phi) is 5.18. The SMILES string of the molecule is O=c1c(Cl)c(NCC[C@@H]2CCCN2)cnn1CCO. The van der Waals surface area contributed by atoms with E-state index in [-0.39, 0.29) is 23.7 Å². The Bertz CT molecular complexity index is 471. The first-order valence-electron chi connectivity index (χ1n) is 6.56. The fourth-order valence-electron chi connectivity index (χ4n) is 2.23. The summed E-state index contributed by atoms with van der Waals surface area (Å²) in [6.07, 6.45) is 4.95. The van der Waals surface area contributed by atoms with E-state index in [1.807, 2.05) is 0 Å². The van der Waals surface area contributed by atoms with Crippen LogP contribution in [-0.2, 0) is 6.54 Å². The minimum atomic E-state index is -0.375. The Morgan fingerprint density at radius 3 is 3.16 bits per heavy atom. The molecule has 0 aromatic carbocycles. The molecule has 0 amide bonds. The van der Waals surface area contributed by atoms with E-state index < -0.39 is 0 Å². The topological polar surface area (TPSA) is 79.2 Å². The van der Waals surface area contributed by atoms with Gasteiger partial charge in [0.2, 0.25) is 0 Å². The lowest BCUT2D eigenvalue weighted by molar-refractivity contribution is 0.266. The van der Waals surface area contributed by atoms with E-state index in [2.05, 4.69) is 15.7 Å². The second-order valence-electron chi connectivity index (χ2n) is 4.63. The van der Waals surface area contributed by atoms with Crippen LogP contribution in [0.25, 0.3) is 0 Å². The molecule has 0 unspecified atom stereocenters. The third kappa shape index (κ3) is 3.68. The molecule has 1 saturated heterocycles. The molecule has 0 radical (unpaired) electrons. The molecule has 2 heterocycles. The summed E-state index contributed by atoms with van der Waals surface area (Å²) in [5.74, 6) is 0. The average Bonchev–Trinajstić information content (AvgIpc) is 2.91. The molecule has 1 aromatic heterocycles. The monoisotopic (exact) mass is 286 g/mol. The fourth-order valence-corrected chi connectivity index (χ4v) is 2.44. The van der Waals surface area contributed by atoms with Gasteiger partial charge in [-0.3, -0.25) is 4.79 Å². The maximum absolute atomic E-state index is 11.8. The summed E-state index contributed by atoms with van der Waals surface area (Å²) < 4.78 is 1.16. The van der Waals surface area contributed by atoms with Crippen molar-refractivity contribution in [2.24, 2.45) is 0 Å². The molecule has 106 valence electrons. The number of nitrogens with one attached hydrogen (secondary N) is 2. The Hall–Kier alpha value is -1.11. The first kappa shape index (κ1) is 14.3. The van der Waals surface area contributed by atoms with Gasteiger partial charge in [0.1, 0.15) is 5.02 Å². The van der Waals surface area contributed by atoms with Crippen LogP contribution in [0.2, 0.25) is 5.02 Å². The fraction of sp³-hybridized carbons (Fsp3) is 0.667. The molecule has 19 heavy (non-hydrogen) atoms. The zero-order valence-electron chi connectivity index (χ0n) is 10.7. The summed E-state index contributed by atoms with van der Waals surface area (Å²) in [6.45, 7) is 1.86. The van der Waals surface area contributed by atoms with E-state index in [9.17, 15) is 4.79 Å². The van der Waals surface area contributed by atoms with Crippen molar-refractivity contribution in [1.29, 1.82) is 0 Å². The van der Waals surface area contributed by atoms with Crippen LogP contribution in [0.4, 0.5) is 5.69 Å². The molecule has 7 heteroatoms. The van der Waals surface area contributed by atoms with Gasteiger partial charge in [-0.1, -0.05) is 11.6 Å². The Morgan fingerprint density at radius 1 is 1.63 bits per heavy atom. The first-order valence-corrected chi connectivity index (χ1v) is 6.94. The molecule has 6 nitrogen and oxygen atoms in total. The van der Waals surface area contributed by atoms with Crippen molar-refractivity contribution in [3.8, 4) is 0 Å². The zero-order chi connectivity index (χ0) is 13.7. The molecule has 1 aliphatic heterocycles. The molecular formula is C12H19ClN4O2. The number of hydrogen-bond acceptors (Lipinski definition) is 5. The van der Waals surface area contributed by atoms with Crippen LogP contribution in [0.3, 0.4) is 0 Å². The summed E-state index contributed by atoms with van der Waals surface area (Å²) in [5.41, 5.74) is 0.179. The van der Waals surface area contributed by atoms with E-state index in [0.717, 1.165) is 24.2 Å². The van der Waals surface area contributed by atoms with Gasteiger partial charge in [-0.2, -0.15) is 5.10 Å². The number of aliphatic hydroxyl groups excluding tert-OH is 1. The highest BCUT2D eigenvalue weighted by Crippen LogP contribution is 2.16. The minimum absolute atomic E-state index is 0.128. The van der Waals surface area contributed by atoms with Gasteiger partial charge in [-0.15, -0.1) is 0 Å². The zero-order valence-corrected chi connectivity index (χ0v) is 11.5. The van der Waals surface area contributed by atoms with E-state index in [1.165, 1.54) is 19.0 Å². The van der Waals surface area contributed by atoms with Gasteiger partial charge < -0.3 is 15.7 Å². The lowest BCUT2D eigenvalue weighted by Crippen LogP contribution is -2.27. The van der Waals surface area contributed by atoms with Crippen LogP contribution in [-0.4, -0.2) is 40.6 Å². The Morgan fingerprint density at radius 2 is 2.47 bits per heavy atom. The largest absolute Gasteiger partial charge is 0.394 e. The quantitative estimate of drug-likeness (QED) is 0.707. The van der Waals surface area contributed by atoms with Crippen molar-refractivity contribution in [3.05, 3.63) is 21.6 Å². The Labute approximate surface area is 116 Å². The van der Waals surface area contributed by atoms with Gasteiger partial charge in [0.25, 0.3) is 5.56 Å². The standard InChI is InChI=1S/C12H19ClN4O2/c13-11-10(8-16-17(6-7-18)12(11)19)15-5-3-9-2-1-4-14-9/h8-9,14-15,18H,1-7H2/t9-/m0/s1. The highest BCUT2D eigenvalue weighted by atomic mass is 35.5. The molecule has 3 N–H and O–H groups in total. The van der Waals surface area contributed by atoms with Crippen LogP contribution < -0.4 is 16.2 Å². The Balaban J connectivity index is 1.92. The maximum Gasteiger partial charge on any atom is 0.287 e. The van der Waals surface area contributed by atoms with Crippen molar-refractivity contribution in [1.82, 2.24) is 15.1 Å². The summed E-state index contributed by atoms with van der Waals surface area (Å²) in [7, 11) is 0. The van der Waals surface area contributed by atoms with Crippen molar-refractivity contribution in [3.63, 3.8) is 0 Å². The van der Waals surface area contributed by atoms with Crippen LogP contribution >= 0.6 is 11.6 Å². The first-order chi connectivity index (χ1) is 9.22. The lowest BCUT2D eigenvalue weighted by atomic mass is 10.1. The van der Waals surface area contributed by atoms with Crippen LogP contribution in [0, 0.1) is 0 Å². The summed E-state index contributed by atoms with van der Waals surface area (Å²) in [6, 6.07) is 0.550. The van der Waals surface area contributed by atoms with Gasteiger partial charge in [0, 0.05) is 12.6 Å². The van der Waals surface area contributed by atoms with E-state index in [0.29, 0.717) is 11.7 Å². The van der Waals surface area contributed by atoms with Crippen molar-refractivity contribution < 1.29 is 5.11 Å². The van der Waals surface area contributed by atoms with E-state index >= 15 is 0 Å². The summed E-state index contributed by atoms with van der Waals surface area (Å²) in [4.78, 5) is 11.8. The number of anilines is 1. The molecule has 0 bridgehead atoms. The molecule has 0 saturated carbocycles. The predicted molar refractivity (Wildman–Crippen MR) is 74.7 cm³/mol. The summed E-state index contributed by atoms with van der Waals surface area (Å²) in [5, 5.41) is 19.4. The van der Waals surface area contributed by atoms with Crippen LogP contribution in [0.5, 0.6) is 0 Å². The van der Waals surface area contributed by atoms with Gasteiger partial charge in [0.05, 0.1) is 25.0 Å². The lowest BCUT2D eigenvalue weighted by Gasteiger charge is -2.12. The number of aromatic nitrogens is 2. The van der Waals surface area contributed by atoms with E-state index in [4.69, 9.17) is 16.7 Å². The number of aliphatic hydroxyl groups is 1. The smallest absolute Gasteiger partial charge is 0.287 e. The highest BCUT2D eigenvalue weighted by Gasteiger charge is 2.14. The van der Waals surface area contributed by atoms with E-state index in [1.54, 1.807) is 0 Å². The minimum Gasteiger partial charge on any atom is -0.394 e. The number of rotatable bonds is 6. The van der Waals surface area contributed by atoms with Crippen LogP contribution in [0.1, 0.15) is 19.3 Å². The maximum atomic E-state index is 11.8. The van der Waals surface area contributed by atoms with Crippen molar-refractivity contribution >= 4 is 17.3 Å². The molecule has 2 rings (SSSR count). The van der Waals surface area contributed by atoms with Gasteiger partial charge in [-0.05, 0) is 25.8 Å². The number of hydrogen-bond donors (Lipinski definition) is 3. The molecular weight excluding hydrogens is 268 g/mol. The average molecular weight is 287 g/mol. The highest BCUT2D eigenvalue weighted by molar-refractivity contribution is 6.32. The van der Waals surface area contributed by atoms with Gasteiger partial charge >= 0.3 is 0 Å². The second kappa shape index (κ2) is 6.88. The number of nitrogens with zero attached hydrogens (tertiary/aromatic N) is 2. The molecule has 0 aliphatic carbocycles. The molecule has 1 aromatic rings. The van der Waals surface area contributed by atoms with Crippen molar-refractivity contribution in [2.45, 2.75) is 31.8 Å². The van der Waals surface area contributed by atoms with Crippen molar-refractivity contribution in [2.75, 3.05) is 25.0 Å². The molecule has 1 fully saturated rings. The normalized spacial score (nSPS) is 18.7. The van der Waals surface area contributed by atoms with Gasteiger partial charge in [0.15, 0.2) is 0 Å². The predicted octanol–water partition coefficient (Wildman–Crippen LogP) is 0.443. The van der Waals surface area contributed by atoms with Gasteiger partial charge in [-0.25, -0.2) is 4.68 Å². The molecule has 1 atom stereocenters. The molecule has 0 spiro atoms. The third-order valence-corrected chi connectivity index (χ3v) is 3.63. The number of halogens is 1. The molecule has 1 aliphatic rings. The van der Waals surface area contributed by atoms with Crippen LogP contribution in [0.15, 0.2) is 11.0 Å². The second-order valence-corrected chi connectivity index (χ2v) is 5.01.